The van der Waals surface area contributed by atoms with Crippen molar-refractivity contribution in [2.45, 2.75) is 65.1 Å². The van der Waals surface area contributed by atoms with Crippen LogP contribution in [0, 0.1) is 12.8 Å². The lowest BCUT2D eigenvalue weighted by molar-refractivity contribution is -0.130. The van der Waals surface area contributed by atoms with Crippen molar-refractivity contribution in [1.82, 2.24) is 15.6 Å². The Morgan fingerprint density at radius 2 is 2.04 bits per heavy atom. The highest BCUT2D eigenvalue weighted by atomic mass is 16.5. The molecule has 1 unspecified atom stereocenters. The summed E-state index contributed by atoms with van der Waals surface area (Å²) < 4.78 is 5.73. The normalized spacial score (nSPS) is 17.6. The molecule has 1 amide bonds. The van der Waals surface area contributed by atoms with Gasteiger partial charge in [-0.15, -0.1) is 0 Å². The zero-order valence-electron chi connectivity index (χ0n) is 14.9. The van der Waals surface area contributed by atoms with E-state index in [4.69, 9.17) is 4.74 Å². The van der Waals surface area contributed by atoms with E-state index < -0.39 is 5.54 Å². The molecule has 1 heterocycles. The van der Waals surface area contributed by atoms with Gasteiger partial charge < -0.3 is 10.1 Å². The van der Waals surface area contributed by atoms with E-state index in [1.54, 1.807) is 6.20 Å². The summed E-state index contributed by atoms with van der Waals surface area (Å²) in [7, 11) is 0. The van der Waals surface area contributed by atoms with Gasteiger partial charge in [0, 0.05) is 6.20 Å². The third-order valence-electron chi connectivity index (χ3n) is 4.34. The highest BCUT2D eigenvalue weighted by molar-refractivity contribution is 5.86. The first-order valence-corrected chi connectivity index (χ1v) is 8.30. The van der Waals surface area contributed by atoms with Gasteiger partial charge in [-0.2, -0.15) is 0 Å². The molecule has 2 N–H and O–H groups in total. The third kappa shape index (κ3) is 5.01. The number of ether oxygens (including phenoxy) is 1. The van der Waals surface area contributed by atoms with Crippen LogP contribution >= 0.6 is 0 Å². The van der Waals surface area contributed by atoms with Gasteiger partial charge in [0.25, 0.3) is 0 Å². The molecule has 0 bridgehead atoms. The molecule has 5 nitrogen and oxygen atoms in total. The molecule has 128 valence electrons. The predicted octanol–water partition coefficient (Wildman–Crippen LogP) is 2.54. The van der Waals surface area contributed by atoms with E-state index in [9.17, 15) is 4.79 Å². The van der Waals surface area contributed by atoms with Gasteiger partial charge in [0.1, 0.15) is 0 Å². The number of amides is 1. The van der Waals surface area contributed by atoms with E-state index in [0.29, 0.717) is 19.2 Å². The van der Waals surface area contributed by atoms with Crippen LogP contribution in [0.1, 0.15) is 51.8 Å². The zero-order valence-corrected chi connectivity index (χ0v) is 14.9. The van der Waals surface area contributed by atoms with Gasteiger partial charge in [0.15, 0.2) is 0 Å². The van der Waals surface area contributed by atoms with Crippen LogP contribution in [0.15, 0.2) is 18.3 Å². The van der Waals surface area contributed by atoms with Gasteiger partial charge in [-0.25, -0.2) is 0 Å². The lowest BCUT2D eigenvalue weighted by atomic mass is 9.94. The van der Waals surface area contributed by atoms with Gasteiger partial charge in [0.2, 0.25) is 5.91 Å². The molecule has 1 aliphatic rings. The van der Waals surface area contributed by atoms with Crippen molar-refractivity contribution in [2.75, 3.05) is 6.73 Å². The number of aromatic nitrogens is 1. The standard InChI is InChI=1S/C18H29N3O2/c1-13-7-6-10-19-15(13)11-20-16(22)18(5,14-8-9-14)21-12-23-17(2,3)4/h6-7,10,14,21H,8-9,11-12H2,1-5H3,(H,20,22). The van der Waals surface area contributed by atoms with Crippen molar-refractivity contribution in [3.05, 3.63) is 29.6 Å². The molecule has 1 atom stereocenters. The molecule has 1 aromatic rings. The Morgan fingerprint density at radius 1 is 1.35 bits per heavy atom. The minimum Gasteiger partial charge on any atom is -0.361 e. The van der Waals surface area contributed by atoms with E-state index in [1.807, 2.05) is 46.8 Å². The number of aryl methyl sites for hydroxylation is 1. The summed E-state index contributed by atoms with van der Waals surface area (Å²) in [6, 6.07) is 3.91. The molecule has 0 spiro atoms. The van der Waals surface area contributed by atoms with Crippen LogP contribution in [0.3, 0.4) is 0 Å². The van der Waals surface area contributed by atoms with Crippen LogP contribution in [0.4, 0.5) is 0 Å². The molecular formula is C18H29N3O2. The molecular weight excluding hydrogens is 290 g/mol. The molecule has 1 aromatic heterocycles. The van der Waals surface area contributed by atoms with Gasteiger partial charge in [-0.05, 0) is 65.0 Å². The van der Waals surface area contributed by atoms with Crippen molar-refractivity contribution >= 4 is 5.91 Å². The van der Waals surface area contributed by atoms with Crippen molar-refractivity contribution < 1.29 is 9.53 Å². The van der Waals surface area contributed by atoms with Gasteiger partial charge in [-0.1, -0.05) is 6.07 Å². The third-order valence-corrected chi connectivity index (χ3v) is 4.34. The monoisotopic (exact) mass is 319 g/mol. The Morgan fingerprint density at radius 3 is 2.61 bits per heavy atom. The molecule has 0 aromatic carbocycles. The fraction of sp³-hybridized carbons (Fsp3) is 0.667. The summed E-state index contributed by atoms with van der Waals surface area (Å²) >= 11 is 0. The second-order valence-corrected chi connectivity index (χ2v) is 7.50. The summed E-state index contributed by atoms with van der Waals surface area (Å²) in [4.78, 5) is 17.1. The minimum absolute atomic E-state index is 0.0163. The summed E-state index contributed by atoms with van der Waals surface area (Å²) in [5, 5.41) is 6.34. The highest BCUT2D eigenvalue weighted by Gasteiger charge is 2.46. The number of hydrogen-bond acceptors (Lipinski definition) is 4. The van der Waals surface area contributed by atoms with Gasteiger partial charge >= 0.3 is 0 Å². The lowest BCUT2D eigenvalue weighted by Crippen LogP contribution is -2.57. The Labute approximate surface area is 139 Å². The summed E-state index contributed by atoms with van der Waals surface area (Å²) in [6.45, 7) is 10.8. The molecule has 1 fully saturated rings. The van der Waals surface area contributed by atoms with Crippen molar-refractivity contribution in [3.8, 4) is 0 Å². The largest absolute Gasteiger partial charge is 0.361 e. The quantitative estimate of drug-likeness (QED) is 0.758. The average Bonchev–Trinajstić information content (AvgIpc) is 3.29. The van der Waals surface area contributed by atoms with E-state index in [2.05, 4.69) is 15.6 Å². The predicted molar refractivity (Wildman–Crippen MR) is 90.8 cm³/mol. The van der Waals surface area contributed by atoms with E-state index in [0.717, 1.165) is 24.1 Å². The van der Waals surface area contributed by atoms with Crippen LogP contribution < -0.4 is 10.6 Å². The van der Waals surface area contributed by atoms with E-state index in [-0.39, 0.29) is 11.5 Å². The van der Waals surface area contributed by atoms with Crippen molar-refractivity contribution in [2.24, 2.45) is 5.92 Å². The summed E-state index contributed by atoms with van der Waals surface area (Å²) in [5.74, 6) is 0.387. The zero-order chi connectivity index (χ0) is 17.1. The fourth-order valence-corrected chi connectivity index (χ4v) is 2.52. The van der Waals surface area contributed by atoms with E-state index >= 15 is 0 Å². The van der Waals surface area contributed by atoms with E-state index in [1.165, 1.54) is 0 Å². The molecule has 1 saturated carbocycles. The molecule has 5 heteroatoms. The second kappa shape index (κ2) is 6.97. The number of hydrogen-bond donors (Lipinski definition) is 2. The first kappa shape index (κ1) is 17.9. The summed E-state index contributed by atoms with van der Waals surface area (Å²) in [5.41, 5.74) is 1.18. The van der Waals surface area contributed by atoms with Crippen molar-refractivity contribution in [3.63, 3.8) is 0 Å². The highest BCUT2D eigenvalue weighted by Crippen LogP contribution is 2.39. The molecule has 0 saturated heterocycles. The summed E-state index contributed by atoms with van der Waals surface area (Å²) in [6.07, 6.45) is 3.91. The minimum atomic E-state index is -0.589. The van der Waals surface area contributed by atoms with Crippen molar-refractivity contribution in [1.29, 1.82) is 0 Å². The SMILES string of the molecule is Cc1cccnc1CNC(=O)C(C)(NCOC(C)(C)C)C1CC1. The molecule has 0 radical (unpaired) electrons. The number of nitrogens with one attached hydrogen (secondary N) is 2. The second-order valence-electron chi connectivity index (χ2n) is 7.50. The molecule has 1 aliphatic carbocycles. The fourth-order valence-electron chi connectivity index (χ4n) is 2.52. The lowest BCUT2D eigenvalue weighted by Gasteiger charge is -2.31. The van der Waals surface area contributed by atoms with Gasteiger partial charge in [-0.3, -0.25) is 15.1 Å². The first-order chi connectivity index (χ1) is 10.7. The Kier molecular flexibility index (Phi) is 5.42. The Hall–Kier alpha value is -1.46. The smallest absolute Gasteiger partial charge is 0.240 e. The molecule has 0 aliphatic heterocycles. The number of carbonyl (C=O) groups is 1. The van der Waals surface area contributed by atoms with Crippen LogP contribution in [0.25, 0.3) is 0 Å². The van der Waals surface area contributed by atoms with Gasteiger partial charge in [0.05, 0.1) is 30.1 Å². The topological polar surface area (TPSA) is 63.2 Å². The van der Waals surface area contributed by atoms with Crippen LogP contribution in [0.5, 0.6) is 0 Å². The Balaban J connectivity index is 1.94. The number of carbonyl (C=O) groups excluding carboxylic acids is 1. The maximum atomic E-state index is 12.7. The van der Waals surface area contributed by atoms with Crippen LogP contribution in [-0.2, 0) is 16.1 Å². The molecule has 23 heavy (non-hydrogen) atoms. The van der Waals surface area contributed by atoms with Crippen LogP contribution in [0.2, 0.25) is 0 Å². The average molecular weight is 319 g/mol. The number of pyridine rings is 1. The maximum Gasteiger partial charge on any atom is 0.240 e. The first-order valence-electron chi connectivity index (χ1n) is 8.30. The van der Waals surface area contributed by atoms with Crippen LogP contribution in [-0.4, -0.2) is 28.8 Å². The number of rotatable bonds is 7. The molecule has 2 rings (SSSR count). The number of nitrogens with zero attached hydrogens (tertiary/aromatic N) is 1. The Bertz CT molecular complexity index is 549. The maximum absolute atomic E-state index is 12.7.